The third kappa shape index (κ3) is 3.26. The van der Waals surface area contributed by atoms with E-state index in [1.54, 1.807) is 0 Å². The van der Waals surface area contributed by atoms with Crippen molar-refractivity contribution in [2.75, 3.05) is 5.88 Å². The summed E-state index contributed by atoms with van der Waals surface area (Å²) in [6.07, 6.45) is 9.25. The molecule has 1 aromatic carbocycles. The number of imidazole rings is 1. The van der Waals surface area contributed by atoms with E-state index in [4.69, 9.17) is 16.6 Å². The number of nitrogens with zero attached hydrogens (tertiary/aromatic N) is 2. The highest BCUT2D eigenvalue weighted by molar-refractivity contribution is 6.17. The summed E-state index contributed by atoms with van der Waals surface area (Å²) in [4.78, 5) is 4.81. The molecule has 0 unspecified atom stereocenters. The van der Waals surface area contributed by atoms with Crippen molar-refractivity contribution in [2.45, 2.75) is 58.4 Å². The molecule has 1 aliphatic carbocycles. The average Bonchev–Trinajstić information content (AvgIpc) is 2.85. The number of halogens is 1. The molecule has 3 heteroatoms. The van der Waals surface area contributed by atoms with E-state index in [2.05, 4.69) is 29.7 Å². The average molecular weight is 305 g/mol. The van der Waals surface area contributed by atoms with E-state index in [0.717, 1.165) is 30.2 Å². The molecule has 1 aliphatic rings. The largest absolute Gasteiger partial charge is 0.328 e. The van der Waals surface area contributed by atoms with E-state index >= 15 is 0 Å². The summed E-state index contributed by atoms with van der Waals surface area (Å²) < 4.78 is 2.43. The van der Waals surface area contributed by atoms with Gasteiger partial charge in [0.05, 0.1) is 11.0 Å². The lowest BCUT2D eigenvalue weighted by atomic mass is 9.87. The smallest absolute Gasteiger partial charge is 0.111 e. The molecule has 0 radical (unpaired) electrons. The Hall–Kier alpha value is -1.02. The lowest BCUT2D eigenvalue weighted by molar-refractivity contribution is 0.324. The SMILES string of the molecule is Cc1cccc2nc(CCCl)n(CCC3CCCCC3)c12. The molecule has 0 saturated heterocycles. The van der Waals surface area contributed by atoms with Crippen LogP contribution < -0.4 is 0 Å². The maximum Gasteiger partial charge on any atom is 0.111 e. The fourth-order valence-electron chi connectivity index (χ4n) is 3.72. The van der Waals surface area contributed by atoms with E-state index in [1.165, 1.54) is 49.6 Å². The minimum absolute atomic E-state index is 0.645. The molecule has 0 aliphatic heterocycles. The first-order valence-corrected chi connectivity index (χ1v) is 8.83. The number of rotatable bonds is 5. The van der Waals surface area contributed by atoms with Gasteiger partial charge in [-0.25, -0.2) is 4.98 Å². The molecule has 0 amide bonds. The topological polar surface area (TPSA) is 17.8 Å². The van der Waals surface area contributed by atoms with Gasteiger partial charge in [0.15, 0.2) is 0 Å². The molecule has 1 saturated carbocycles. The molecule has 3 rings (SSSR count). The number of para-hydroxylation sites is 1. The fourth-order valence-corrected chi connectivity index (χ4v) is 3.89. The van der Waals surface area contributed by atoms with Crippen LogP contribution in [0.5, 0.6) is 0 Å². The monoisotopic (exact) mass is 304 g/mol. The maximum atomic E-state index is 5.97. The van der Waals surface area contributed by atoms with Gasteiger partial charge in [-0.2, -0.15) is 0 Å². The highest BCUT2D eigenvalue weighted by atomic mass is 35.5. The standard InChI is InChI=1S/C18H25ClN2/c1-14-6-5-9-16-18(14)21(17(20-16)10-12-19)13-11-15-7-3-2-4-8-15/h5-6,9,15H,2-4,7-8,10-13H2,1H3. The number of hydrogen-bond acceptors (Lipinski definition) is 1. The molecule has 114 valence electrons. The zero-order valence-electron chi connectivity index (χ0n) is 12.9. The quantitative estimate of drug-likeness (QED) is 0.703. The Labute approximate surface area is 132 Å². The Bertz CT molecular complexity index is 597. The zero-order chi connectivity index (χ0) is 14.7. The second kappa shape index (κ2) is 6.83. The number of aryl methyl sites for hydroxylation is 3. The summed E-state index contributed by atoms with van der Waals surface area (Å²) >= 11 is 5.97. The minimum atomic E-state index is 0.645. The van der Waals surface area contributed by atoms with Gasteiger partial charge in [-0.15, -0.1) is 11.6 Å². The summed E-state index contributed by atoms with van der Waals surface area (Å²) in [5.41, 5.74) is 3.76. The van der Waals surface area contributed by atoms with Crippen molar-refractivity contribution < 1.29 is 0 Å². The van der Waals surface area contributed by atoms with Crippen LogP contribution in [-0.4, -0.2) is 15.4 Å². The Morgan fingerprint density at radius 1 is 1.24 bits per heavy atom. The number of aromatic nitrogens is 2. The van der Waals surface area contributed by atoms with Gasteiger partial charge in [0, 0.05) is 18.8 Å². The molecule has 1 aromatic heterocycles. The molecule has 0 atom stereocenters. The van der Waals surface area contributed by atoms with Crippen LogP contribution in [-0.2, 0) is 13.0 Å². The predicted molar refractivity (Wildman–Crippen MR) is 90.1 cm³/mol. The van der Waals surface area contributed by atoms with Gasteiger partial charge in [0.25, 0.3) is 0 Å². The van der Waals surface area contributed by atoms with Crippen LogP contribution in [0.25, 0.3) is 11.0 Å². The van der Waals surface area contributed by atoms with Crippen LogP contribution in [0.3, 0.4) is 0 Å². The summed E-state index contributed by atoms with van der Waals surface area (Å²) in [6.45, 7) is 3.28. The van der Waals surface area contributed by atoms with E-state index < -0.39 is 0 Å². The molecule has 0 bridgehead atoms. The summed E-state index contributed by atoms with van der Waals surface area (Å²) in [5, 5.41) is 0. The van der Waals surface area contributed by atoms with Crippen molar-refractivity contribution in [1.82, 2.24) is 9.55 Å². The van der Waals surface area contributed by atoms with Crippen LogP contribution in [0.1, 0.15) is 49.9 Å². The highest BCUT2D eigenvalue weighted by Gasteiger charge is 2.16. The van der Waals surface area contributed by atoms with Crippen LogP contribution in [0, 0.1) is 12.8 Å². The predicted octanol–water partition coefficient (Wildman–Crippen LogP) is 5.10. The minimum Gasteiger partial charge on any atom is -0.328 e. The van der Waals surface area contributed by atoms with Crippen LogP contribution in [0.2, 0.25) is 0 Å². The molecule has 1 fully saturated rings. The third-order valence-electron chi connectivity index (χ3n) is 4.85. The Morgan fingerprint density at radius 3 is 2.81 bits per heavy atom. The maximum absolute atomic E-state index is 5.97. The van der Waals surface area contributed by atoms with Crippen molar-refractivity contribution in [3.63, 3.8) is 0 Å². The second-order valence-electron chi connectivity index (χ2n) is 6.35. The Kier molecular flexibility index (Phi) is 4.84. The third-order valence-corrected chi connectivity index (χ3v) is 5.04. The van der Waals surface area contributed by atoms with Crippen LogP contribution in [0.15, 0.2) is 18.2 Å². The molecule has 0 spiro atoms. The van der Waals surface area contributed by atoms with E-state index in [-0.39, 0.29) is 0 Å². The van der Waals surface area contributed by atoms with Gasteiger partial charge < -0.3 is 4.57 Å². The van der Waals surface area contributed by atoms with Gasteiger partial charge in [0.2, 0.25) is 0 Å². The number of benzene rings is 1. The van der Waals surface area contributed by atoms with Gasteiger partial charge in [-0.1, -0.05) is 44.2 Å². The normalized spacial score (nSPS) is 16.7. The Balaban J connectivity index is 1.85. The van der Waals surface area contributed by atoms with Gasteiger partial charge >= 0.3 is 0 Å². The molecular weight excluding hydrogens is 280 g/mol. The number of alkyl halides is 1. The van der Waals surface area contributed by atoms with Crippen LogP contribution >= 0.6 is 11.6 Å². The molecule has 21 heavy (non-hydrogen) atoms. The summed E-state index contributed by atoms with van der Waals surface area (Å²) in [5.74, 6) is 2.71. The lowest BCUT2D eigenvalue weighted by Gasteiger charge is -2.22. The van der Waals surface area contributed by atoms with Gasteiger partial charge in [-0.05, 0) is 30.9 Å². The number of fused-ring (bicyclic) bond motifs is 1. The first kappa shape index (κ1) is 14.9. The molecule has 1 heterocycles. The highest BCUT2D eigenvalue weighted by Crippen LogP contribution is 2.28. The van der Waals surface area contributed by atoms with E-state index in [9.17, 15) is 0 Å². The number of hydrogen-bond donors (Lipinski definition) is 0. The van der Waals surface area contributed by atoms with Crippen molar-refractivity contribution in [3.8, 4) is 0 Å². The first-order valence-electron chi connectivity index (χ1n) is 8.30. The molecular formula is C18H25ClN2. The van der Waals surface area contributed by atoms with E-state index in [1.807, 2.05) is 0 Å². The lowest BCUT2D eigenvalue weighted by Crippen LogP contribution is -2.12. The van der Waals surface area contributed by atoms with Crippen molar-refractivity contribution >= 4 is 22.6 Å². The summed E-state index contributed by atoms with van der Waals surface area (Å²) in [7, 11) is 0. The molecule has 2 nitrogen and oxygen atoms in total. The zero-order valence-corrected chi connectivity index (χ0v) is 13.7. The van der Waals surface area contributed by atoms with Gasteiger partial charge in [-0.3, -0.25) is 0 Å². The van der Waals surface area contributed by atoms with Crippen molar-refractivity contribution in [2.24, 2.45) is 5.92 Å². The van der Waals surface area contributed by atoms with Crippen LogP contribution in [0.4, 0.5) is 0 Å². The van der Waals surface area contributed by atoms with Gasteiger partial charge in [0.1, 0.15) is 5.82 Å². The van der Waals surface area contributed by atoms with Crippen molar-refractivity contribution in [3.05, 3.63) is 29.6 Å². The van der Waals surface area contributed by atoms with E-state index in [0.29, 0.717) is 5.88 Å². The molecule has 0 N–H and O–H groups in total. The second-order valence-corrected chi connectivity index (χ2v) is 6.73. The fraction of sp³-hybridized carbons (Fsp3) is 0.611. The molecule has 2 aromatic rings. The van der Waals surface area contributed by atoms with Crippen molar-refractivity contribution in [1.29, 1.82) is 0 Å². The first-order chi connectivity index (χ1) is 10.3. The summed E-state index contributed by atoms with van der Waals surface area (Å²) in [6, 6.07) is 6.41. The Morgan fingerprint density at radius 2 is 2.05 bits per heavy atom.